The third kappa shape index (κ3) is 4.45. The van der Waals surface area contributed by atoms with E-state index in [9.17, 15) is 0 Å². The average Bonchev–Trinajstić information content (AvgIpc) is 3.43. The molecule has 3 heterocycles. The minimum Gasteiger partial charge on any atom is -0.496 e. The summed E-state index contributed by atoms with van der Waals surface area (Å²) in [5.74, 6) is 3.82. The number of fused-ring (bicyclic) bond motifs is 3. The molecule has 1 N–H and O–H groups in total. The second-order valence-corrected chi connectivity index (χ2v) is 9.37. The number of ether oxygens (including phenoxy) is 4. The van der Waals surface area contributed by atoms with Crippen LogP contribution in [0.5, 0.6) is 17.2 Å². The Labute approximate surface area is 197 Å². The molecule has 0 spiro atoms. The maximum atomic E-state index is 5.62. The predicted molar refractivity (Wildman–Crippen MR) is 129 cm³/mol. The van der Waals surface area contributed by atoms with Crippen LogP contribution in [0.25, 0.3) is 10.2 Å². The third-order valence-corrected chi connectivity index (χ3v) is 7.50. The number of hydrogen-bond acceptors (Lipinski definition) is 9. The van der Waals surface area contributed by atoms with Crippen LogP contribution in [-0.2, 0) is 30.7 Å². The normalized spacial score (nSPS) is 16.1. The van der Waals surface area contributed by atoms with Crippen LogP contribution in [-0.4, -0.2) is 62.5 Å². The van der Waals surface area contributed by atoms with Crippen molar-refractivity contribution in [1.29, 1.82) is 0 Å². The predicted octanol–water partition coefficient (Wildman–Crippen LogP) is 3.65. The molecular formula is C24H30N4O4S. The number of aromatic nitrogens is 2. The quantitative estimate of drug-likeness (QED) is 0.535. The number of methoxy groups -OCH3 is 3. The fourth-order valence-corrected chi connectivity index (χ4v) is 5.89. The van der Waals surface area contributed by atoms with Gasteiger partial charge in [0.25, 0.3) is 0 Å². The van der Waals surface area contributed by atoms with Crippen LogP contribution in [0.2, 0.25) is 0 Å². The van der Waals surface area contributed by atoms with Crippen molar-refractivity contribution in [1.82, 2.24) is 14.9 Å². The lowest BCUT2D eigenvalue weighted by Crippen LogP contribution is -2.36. The molecule has 0 unspecified atom stereocenters. The fraction of sp³-hybridized carbons (Fsp3) is 0.500. The van der Waals surface area contributed by atoms with Crippen LogP contribution < -0.4 is 19.5 Å². The van der Waals surface area contributed by atoms with Crippen molar-refractivity contribution >= 4 is 27.4 Å². The molecule has 3 aromatic rings. The molecule has 0 atom stereocenters. The molecule has 33 heavy (non-hydrogen) atoms. The number of morpholine rings is 1. The zero-order valence-corrected chi connectivity index (χ0v) is 20.2. The monoisotopic (exact) mass is 470 g/mol. The second kappa shape index (κ2) is 9.70. The number of nitrogens with one attached hydrogen (secondary N) is 1. The lowest BCUT2D eigenvalue weighted by Gasteiger charge is -2.25. The van der Waals surface area contributed by atoms with Crippen LogP contribution in [0.15, 0.2) is 12.1 Å². The van der Waals surface area contributed by atoms with E-state index < -0.39 is 0 Å². The Balaban J connectivity index is 1.48. The van der Waals surface area contributed by atoms with E-state index in [0.717, 1.165) is 73.5 Å². The minimum absolute atomic E-state index is 0.553. The highest BCUT2D eigenvalue weighted by atomic mass is 32.1. The lowest BCUT2D eigenvalue weighted by atomic mass is 10.1. The Morgan fingerprint density at radius 2 is 1.76 bits per heavy atom. The Morgan fingerprint density at radius 1 is 1.00 bits per heavy atom. The van der Waals surface area contributed by atoms with E-state index >= 15 is 0 Å². The molecule has 1 saturated heterocycles. The van der Waals surface area contributed by atoms with Crippen molar-refractivity contribution in [3.63, 3.8) is 0 Å². The van der Waals surface area contributed by atoms with Crippen molar-refractivity contribution in [2.45, 2.75) is 32.4 Å². The van der Waals surface area contributed by atoms with E-state index in [-0.39, 0.29) is 0 Å². The number of aryl methyl sites for hydroxylation is 2. The van der Waals surface area contributed by atoms with Gasteiger partial charge in [-0.25, -0.2) is 9.97 Å². The molecule has 9 heteroatoms. The minimum atomic E-state index is 0.553. The van der Waals surface area contributed by atoms with Gasteiger partial charge in [-0.2, -0.15) is 0 Å². The Morgan fingerprint density at radius 3 is 2.52 bits per heavy atom. The summed E-state index contributed by atoms with van der Waals surface area (Å²) in [5.41, 5.74) is 2.39. The molecule has 0 radical (unpaired) electrons. The van der Waals surface area contributed by atoms with Crippen LogP contribution in [0.1, 0.15) is 28.2 Å². The largest absolute Gasteiger partial charge is 0.496 e. The van der Waals surface area contributed by atoms with Gasteiger partial charge in [-0.3, -0.25) is 4.90 Å². The maximum Gasteiger partial charge on any atom is 0.164 e. The number of nitrogens with zero attached hydrogens (tertiary/aromatic N) is 3. The molecule has 0 saturated carbocycles. The van der Waals surface area contributed by atoms with Crippen LogP contribution in [0, 0.1) is 0 Å². The zero-order valence-electron chi connectivity index (χ0n) is 19.4. The molecule has 1 fully saturated rings. The molecule has 0 amide bonds. The summed E-state index contributed by atoms with van der Waals surface area (Å²) < 4.78 is 22.0. The van der Waals surface area contributed by atoms with Crippen LogP contribution >= 0.6 is 11.3 Å². The molecule has 1 aliphatic carbocycles. The van der Waals surface area contributed by atoms with E-state index in [1.165, 1.54) is 22.2 Å². The first-order valence-corrected chi connectivity index (χ1v) is 12.2. The van der Waals surface area contributed by atoms with Crippen molar-refractivity contribution < 1.29 is 18.9 Å². The number of thiophene rings is 1. The van der Waals surface area contributed by atoms with Crippen molar-refractivity contribution in [2.24, 2.45) is 0 Å². The first-order valence-electron chi connectivity index (χ1n) is 11.3. The summed E-state index contributed by atoms with van der Waals surface area (Å²) in [4.78, 5) is 14.8. The summed E-state index contributed by atoms with van der Waals surface area (Å²) in [5, 5.41) is 4.78. The van der Waals surface area contributed by atoms with E-state index in [4.69, 9.17) is 28.9 Å². The van der Waals surface area contributed by atoms with E-state index in [1.54, 1.807) is 21.3 Å². The van der Waals surface area contributed by atoms with Crippen LogP contribution in [0.4, 0.5) is 5.82 Å². The molecule has 1 aromatic carbocycles. The van der Waals surface area contributed by atoms with E-state index in [2.05, 4.69) is 10.2 Å². The van der Waals surface area contributed by atoms with Gasteiger partial charge in [0.1, 0.15) is 22.2 Å². The Hall–Kier alpha value is -2.62. The first kappa shape index (κ1) is 22.2. The fourth-order valence-electron chi connectivity index (χ4n) is 4.61. The SMILES string of the molecule is COc1cc(OC)c(OC)cc1CNc1nc(CN2CCOCC2)nc2sc3c(c12)CCC3. The third-order valence-electron chi connectivity index (χ3n) is 6.31. The lowest BCUT2D eigenvalue weighted by molar-refractivity contribution is 0.0331. The topological polar surface area (TPSA) is 78.0 Å². The highest BCUT2D eigenvalue weighted by Gasteiger charge is 2.23. The van der Waals surface area contributed by atoms with Crippen molar-refractivity contribution in [2.75, 3.05) is 52.9 Å². The van der Waals surface area contributed by atoms with E-state index in [1.807, 2.05) is 23.5 Å². The molecule has 176 valence electrons. The van der Waals surface area contributed by atoms with Gasteiger partial charge in [0.2, 0.25) is 0 Å². The number of rotatable bonds is 8. The smallest absolute Gasteiger partial charge is 0.164 e. The average molecular weight is 471 g/mol. The zero-order chi connectivity index (χ0) is 22.8. The molecular weight excluding hydrogens is 440 g/mol. The molecule has 8 nitrogen and oxygen atoms in total. The highest BCUT2D eigenvalue weighted by molar-refractivity contribution is 7.19. The van der Waals surface area contributed by atoms with Gasteiger partial charge in [0, 0.05) is 36.1 Å². The summed E-state index contributed by atoms with van der Waals surface area (Å²) in [6.45, 7) is 4.63. The number of hydrogen-bond donors (Lipinski definition) is 1. The van der Waals surface area contributed by atoms with Gasteiger partial charge in [0.05, 0.1) is 46.5 Å². The second-order valence-electron chi connectivity index (χ2n) is 8.29. The van der Waals surface area contributed by atoms with E-state index in [0.29, 0.717) is 18.0 Å². The summed E-state index contributed by atoms with van der Waals surface area (Å²) >= 11 is 1.82. The van der Waals surface area contributed by atoms with Gasteiger partial charge >= 0.3 is 0 Å². The van der Waals surface area contributed by atoms with Gasteiger partial charge in [0.15, 0.2) is 11.5 Å². The van der Waals surface area contributed by atoms with Crippen LogP contribution in [0.3, 0.4) is 0 Å². The molecule has 2 aromatic heterocycles. The van der Waals surface area contributed by atoms with Gasteiger partial charge in [-0.15, -0.1) is 11.3 Å². The Bertz CT molecular complexity index is 1140. The standard InChI is InChI=1S/C24H30N4O4S/c1-29-17-12-19(31-3)18(30-2)11-15(17)13-25-23-22-16-5-4-6-20(16)33-24(22)27-21(26-23)14-28-7-9-32-10-8-28/h11-12H,4-10,13-14H2,1-3H3,(H,25,26,27). The van der Waals surface area contributed by atoms with Gasteiger partial charge < -0.3 is 24.3 Å². The van der Waals surface area contributed by atoms with Gasteiger partial charge in [-0.1, -0.05) is 0 Å². The molecule has 1 aliphatic heterocycles. The number of anilines is 1. The highest BCUT2D eigenvalue weighted by Crippen LogP contribution is 2.40. The van der Waals surface area contributed by atoms with Crippen molar-refractivity contribution in [3.05, 3.63) is 34.0 Å². The molecule has 2 aliphatic rings. The number of benzene rings is 1. The molecule has 0 bridgehead atoms. The van der Waals surface area contributed by atoms with Gasteiger partial charge in [-0.05, 0) is 30.9 Å². The Kier molecular flexibility index (Phi) is 6.52. The summed E-state index contributed by atoms with van der Waals surface area (Å²) in [6, 6.07) is 3.81. The van der Waals surface area contributed by atoms with Crippen molar-refractivity contribution in [3.8, 4) is 17.2 Å². The summed E-state index contributed by atoms with van der Waals surface area (Å²) in [7, 11) is 4.93. The first-order chi connectivity index (χ1) is 16.2. The summed E-state index contributed by atoms with van der Waals surface area (Å²) in [6.07, 6.45) is 3.43. The maximum absolute atomic E-state index is 5.62. The molecule has 5 rings (SSSR count).